The number of hydrogen-bond acceptors (Lipinski definition) is 2. The Morgan fingerprint density at radius 3 is 2.58 bits per heavy atom. The predicted molar refractivity (Wildman–Crippen MR) is 96.9 cm³/mol. The molecule has 0 spiro atoms. The van der Waals surface area contributed by atoms with Crippen LogP contribution in [0.25, 0.3) is 10.9 Å². The van der Waals surface area contributed by atoms with Crippen molar-refractivity contribution in [3.05, 3.63) is 36.0 Å². The molecular formula is C18H25N5O. The largest absolute Gasteiger partial charge is 0.357 e. The molecule has 6 heteroatoms. The Morgan fingerprint density at radius 2 is 1.92 bits per heavy atom. The highest BCUT2D eigenvalue weighted by atomic mass is 16.2. The first-order valence-electron chi connectivity index (χ1n) is 8.52. The summed E-state index contributed by atoms with van der Waals surface area (Å²) in [6.45, 7) is 8.30. The van der Waals surface area contributed by atoms with Gasteiger partial charge in [-0.05, 0) is 24.4 Å². The second kappa shape index (κ2) is 7.38. The lowest BCUT2D eigenvalue weighted by molar-refractivity contribution is -0.130. The molecule has 1 fully saturated rings. The third-order valence-electron chi connectivity index (χ3n) is 4.34. The minimum Gasteiger partial charge on any atom is -0.357 e. The van der Waals surface area contributed by atoms with Crippen LogP contribution in [-0.4, -0.2) is 59.4 Å². The van der Waals surface area contributed by atoms with Gasteiger partial charge in [0.05, 0.1) is 6.54 Å². The van der Waals surface area contributed by atoms with Crippen molar-refractivity contribution in [2.24, 2.45) is 4.99 Å². The van der Waals surface area contributed by atoms with Crippen LogP contribution in [0.15, 0.2) is 35.3 Å². The van der Waals surface area contributed by atoms with Crippen LogP contribution in [-0.2, 0) is 11.3 Å². The van der Waals surface area contributed by atoms with E-state index in [9.17, 15) is 4.79 Å². The van der Waals surface area contributed by atoms with Crippen molar-refractivity contribution in [1.82, 2.24) is 20.1 Å². The van der Waals surface area contributed by atoms with Gasteiger partial charge in [0.15, 0.2) is 5.96 Å². The molecule has 1 saturated heterocycles. The number of hydrogen-bond donors (Lipinski definition) is 2. The van der Waals surface area contributed by atoms with Crippen LogP contribution >= 0.6 is 0 Å². The number of amides is 1. The Morgan fingerprint density at radius 1 is 1.21 bits per heavy atom. The molecule has 0 bridgehead atoms. The molecule has 3 rings (SSSR count). The zero-order chi connectivity index (χ0) is 16.9. The third-order valence-corrected chi connectivity index (χ3v) is 4.34. The number of fused-ring (bicyclic) bond motifs is 1. The van der Waals surface area contributed by atoms with E-state index in [2.05, 4.69) is 40.3 Å². The summed E-state index contributed by atoms with van der Waals surface area (Å²) in [4.78, 5) is 23.7. The fourth-order valence-electron chi connectivity index (χ4n) is 3.04. The molecule has 0 radical (unpaired) electrons. The highest BCUT2D eigenvalue weighted by Gasteiger charge is 2.20. The monoisotopic (exact) mass is 327 g/mol. The second-order valence-electron chi connectivity index (χ2n) is 6.05. The lowest BCUT2D eigenvalue weighted by Crippen LogP contribution is -2.53. The molecule has 6 nitrogen and oxygen atoms in total. The molecule has 24 heavy (non-hydrogen) atoms. The van der Waals surface area contributed by atoms with Crippen molar-refractivity contribution >= 4 is 22.8 Å². The Hall–Kier alpha value is -2.50. The number of piperazine rings is 1. The number of aliphatic imine (C=N–C) groups is 1. The van der Waals surface area contributed by atoms with E-state index in [0.29, 0.717) is 6.54 Å². The van der Waals surface area contributed by atoms with Gasteiger partial charge in [0.25, 0.3) is 0 Å². The molecule has 2 aromatic rings. The molecule has 1 aromatic heterocycles. The molecule has 0 unspecified atom stereocenters. The Kier molecular flexibility index (Phi) is 5.03. The summed E-state index contributed by atoms with van der Waals surface area (Å²) in [5.41, 5.74) is 2.25. The molecule has 0 saturated carbocycles. The van der Waals surface area contributed by atoms with Crippen molar-refractivity contribution in [3.8, 4) is 0 Å². The lowest BCUT2D eigenvalue weighted by Gasteiger charge is -2.36. The third kappa shape index (κ3) is 3.69. The molecule has 0 aliphatic carbocycles. The molecule has 0 atom stereocenters. The van der Waals surface area contributed by atoms with Crippen molar-refractivity contribution in [1.29, 1.82) is 0 Å². The van der Waals surface area contributed by atoms with Gasteiger partial charge in [0, 0.05) is 50.9 Å². The van der Waals surface area contributed by atoms with Gasteiger partial charge in [-0.2, -0.15) is 0 Å². The van der Waals surface area contributed by atoms with Crippen LogP contribution in [0.3, 0.4) is 0 Å². The Balaban J connectivity index is 1.68. The number of benzene rings is 1. The summed E-state index contributed by atoms with van der Waals surface area (Å²) in [6, 6.07) is 10.4. The van der Waals surface area contributed by atoms with Gasteiger partial charge < -0.3 is 20.1 Å². The average molecular weight is 327 g/mol. The molecule has 2 heterocycles. The van der Waals surface area contributed by atoms with E-state index in [-0.39, 0.29) is 5.91 Å². The van der Waals surface area contributed by atoms with Crippen molar-refractivity contribution in [2.75, 3.05) is 32.7 Å². The maximum absolute atomic E-state index is 11.5. The van der Waals surface area contributed by atoms with Gasteiger partial charge in [0.1, 0.15) is 0 Å². The van der Waals surface area contributed by atoms with Gasteiger partial charge >= 0.3 is 0 Å². The molecule has 1 aliphatic heterocycles. The van der Waals surface area contributed by atoms with Gasteiger partial charge in [0.2, 0.25) is 5.91 Å². The number of para-hydroxylation sites is 1. The molecule has 2 N–H and O–H groups in total. The van der Waals surface area contributed by atoms with E-state index < -0.39 is 0 Å². The van der Waals surface area contributed by atoms with Gasteiger partial charge in [-0.1, -0.05) is 18.2 Å². The van der Waals surface area contributed by atoms with E-state index in [1.165, 1.54) is 5.39 Å². The normalized spacial score (nSPS) is 15.8. The van der Waals surface area contributed by atoms with Crippen LogP contribution in [0, 0.1) is 0 Å². The van der Waals surface area contributed by atoms with Crippen LogP contribution in [0.5, 0.6) is 0 Å². The van der Waals surface area contributed by atoms with Crippen molar-refractivity contribution in [2.45, 2.75) is 20.4 Å². The number of carbonyl (C=O) groups excluding carboxylic acids is 1. The quantitative estimate of drug-likeness (QED) is 0.667. The lowest BCUT2D eigenvalue weighted by atomic mass is 10.2. The summed E-state index contributed by atoms with van der Waals surface area (Å²) in [5, 5.41) is 4.57. The average Bonchev–Trinajstić information content (AvgIpc) is 3.01. The Labute approximate surface area is 142 Å². The van der Waals surface area contributed by atoms with E-state index >= 15 is 0 Å². The summed E-state index contributed by atoms with van der Waals surface area (Å²) < 4.78 is 0. The highest BCUT2D eigenvalue weighted by Crippen LogP contribution is 2.15. The number of aromatic nitrogens is 1. The fourth-order valence-corrected chi connectivity index (χ4v) is 3.04. The van der Waals surface area contributed by atoms with Crippen LogP contribution < -0.4 is 5.32 Å². The zero-order valence-corrected chi connectivity index (χ0v) is 14.4. The fraction of sp³-hybridized carbons (Fsp3) is 0.444. The number of aromatic amines is 1. The maximum atomic E-state index is 11.5. The zero-order valence-electron chi connectivity index (χ0n) is 14.4. The minimum atomic E-state index is 0.148. The summed E-state index contributed by atoms with van der Waals surface area (Å²) >= 11 is 0. The van der Waals surface area contributed by atoms with E-state index in [1.807, 2.05) is 17.0 Å². The van der Waals surface area contributed by atoms with Crippen molar-refractivity contribution in [3.63, 3.8) is 0 Å². The first-order chi connectivity index (χ1) is 11.7. The molecule has 1 amide bonds. The van der Waals surface area contributed by atoms with E-state index in [1.54, 1.807) is 6.92 Å². The summed E-state index contributed by atoms with van der Waals surface area (Å²) in [7, 11) is 0. The molecule has 1 aromatic carbocycles. The minimum absolute atomic E-state index is 0.148. The molecular weight excluding hydrogens is 302 g/mol. The number of rotatable bonds is 3. The molecule has 128 valence electrons. The van der Waals surface area contributed by atoms with Crippen LogP contribution in [0.1, 0.15) is 19.5 Å². The summed E-state index contributed by atoms with van der Waals surface area (Å²) in [5.74, 6) is 1.06. The maximum Gasteiger partial charge on any atom is 0.219 e. The van der Waals surface area contributed by atoms with E-state index in [4.69, 9.17) is 4.99 Å². The SMILES string of the molecule is CCNC(=NCc1cc2ccccc2[nH]1)N1CCN(C(C)=O)CC1. The number of H-pyrrole nitrogens is 1. The number of nitrogens with one attached hydrogen (secondary N) is 2. The van der Waals surface area contributed by atoms with Gasteiger partial charge in [-0.3, -0.25) is 4.79 Å². The Bertz CT molecular complexity index is 695. The van der Waals surface area contributed by atoms with E-state index in [0.717, 1.165) is 49.9 Å². The summed E-state index contributed by atoms with van der Waals surface area (Å²) in [6.07, 6.45) is 0. The number of nitrogens with zero attached hydrogens (tertiary/aromatic N) is 3. The van der Waals surface area contributed by atoms with Crippen LogP contribution in [0.4, 0.5) is 0 Å². The first-order valence-corrected chi connectivity index (χ1v) is 8.52. The molecule has 1 aliphatic rings. The highest BCUT2D eigenvalue weighted by molar-refractivity contribution is 5.82. The van der Waals surface area contributed by atoms with Crippen molar-refractivity contribution < 1.29 is 4.79 Å². The van der Waals surface area contributed by atoms with Gasteiger partial charge in [-0.25, -0.2) is 4.99 Å². The van der Waals surface area contributed by atoms with Crippen LogP contribution in [0.2, 0.25) is 0 Å². The first kappa shape index (κ1) is 16.4. The second-order valence-corrected chi connectivity index (χ2v) is 6.05. The number of carbonyl (C=O) groups is 1. The smallest absolute Gasteiger partial charge is 0.219 e. The predicted octanol–water partition coefficient (Wildman–Crippen LogP) is 1.80. The topological polar surface area (TPSA) is 63.7 Å². The number of guanidine groups is 1. The standard InChI is InChI=1S/C18H25N5O/c1-3-19-18(23-10-8-22(9-11-23)14(2)24)20-13-16-12-15-6-4-5-7-17(15)21-16/h4-7,12,21H,3,8-11,13H2,1-2H3,(H,19,20). The van der Waals surface area contributed by atoms with Gasteiger partial charge in [-0.15, -0.1) is 0 Å².